The van der Waals surface area contributed by atoms with E-state index in [4.69, 9.17) is 10.0 Å². The number of rotatable bonds is 5. The molecule has 0 atom stereocenters. The highest BCUT2D eigenvalue weighted by molar-refractivity contribution is 6.40. The first-order valence-corrected chi connectivity index (χ1v) is 4.89. The molecule has 1 aromatic heterocycles. The molecule has 0 radical (unpaired) electrons. The van der Waals surface area contributed by atoms with Crippen LogP contribution in [-0.2, 0) is 11.2 Å². The molecule has 0 fully saturated rings. The van der Waals surface area contributed by atoms with Crippen LogP contribution in [0.25, 0.3) is 0 Å². The van der Waals surface area contributed by atoms with Crippen molar-refractivity contribution in [2.45, 2.75) is 19.2 Å². The van der Waals surface area contributed by atoms with E-state index >= 15 is 0 Å². The zero-order valence-electron chi connectivity index (χ0n) is 8.96. The molecule has 6 nitrogen and oxygen atoms in total. The SMILES string of the molecule is COC(=O)c1nccnc1CCCB(O)O. The van der Waals surface area contributed by atoms with Gasteiger partial charge in [0.15, 0.2) is 5.69 Å². The van der Waals surface area contributed by atoms with E-state index in [1.54, 1.807) is 0 Å². The number of esters is 1. The number of hydrogen-bond acceptors (Lipinski definition) is 6. The van der Waals surface area contributed by atoms with E-state index < -0.39 is 13.1 Å². The molecule has 0 saturated carbocycles. The van der Waals surface area contributed by atoms with Gasteiger partial charge in [-0.05, 0) is 19.2 Å². The number of aromatic nitrogens is 2. The summed E-state index contributed by atoms with van der Waals surface area (Å²) in [6, 6.07) is 0. The number of aryl methyl sites for hydroxylation is 1. The highest BCUT2D eigenvalue weighted by atomic mass is 16.5. The predicted octanol–water partition coefficient (Wildman–Crippen LogP) is -0.331. The average molecular weight is 224 g/mol. The van der Waals surface area contributed by atoms with Crippen LogP contribution in [0.15, 0.2) is 12.4 Å². The molecule has 0 aliphatic heterocycles. The van der Waals surface area contributed by atoms with E-state index in [0.717, 1.165) is 0 Å². The van der Waals surface area contributed by atoms with Crippen molar-refractivity contribution in [3.05, 3.63) is 23.8 Å². The third kappa shape index (κ3) is 3.60. The number of carbonyl (C=O) groups is 1. The predicted molar refractivity (Wildman–Crippen MR) is 56.7 cm³/mol. The second-order valence-corrected chi connectivity index (χ2v) is 3.22. The van der Waals surface area contributed by atoms with Gasteiger partial charge in [-0.1, -0.05) is 0 Å². The Balaban J connectivity index is 2.67. The Morgan fingerprint density at radius 1 is 1.44 bits per heavy atom. The fourth-order valence-corrected chi connectivity index (χ4v) is 1.27. The fourth-order valence-electron chi connectivity index (χ4n) is 1.27. The molecule has 1 heterocycles. The molecule has 0 amide bonds. The lowest BCUT2D eigenvalue weighted by Gasteiger charge is -2.05. The van der Waals surface area contributed by atoms with Gasteiger partial charge in [-0.2, -0.15) is 0 Å². The minimum Gasteiger partial charge on any atom is -0.464 e. The highest BCUT2D eigenvalue weighted by Gasteiger charge is 2.15. The zero-order chi connectivity index (χ0) is 12.0. The van der Waals surface area contributed by atoms with Crippen LogP contribution in [0.5, 0.6) is 0 Å². The topological polar surface area (TPSA) is 92.5 Å². The van der Waals surface area contributed by atoms with E-state index in [1.807, 2.05) is 0 Å². The maximum absolute atomic E-state index is 11.3. The van der Waals surface area contributed by atoms with Gasteiger partial charge in [-0.3, -0.25) is 4.98 Å². The van der Waals surface area contributed by atoms with Gasteiger partial charge >= 0.3 is 13.1 Å². The second-order valence-electron chi connectivity index (χ2n) is 3.22. The van der Waals surface area contributed by atoms with Gasteiger partial charge in [0.1, 0.15) is 0 Å². The van der Waals surface area contributed by atoms with Gasteiger partial charge < -0.3 is 14.8 Å². The van der Waals surface area contributed by atoms with Gasteiger partial charge in [0.2, 0.25) is 0 Å². The number of ether oxygens (including phenoxy) is 1. The Morgan fingerprint density at radius 2 is 2.12 bits per heavy atom. The molecule has 2 N–H and O–H groups in total. The Kier molecular flexibility index (Phi) is 4.88. The quantitative estimate of drug-likeness (QED) is 0.525. The monoisotopic (exact) mass is 224 g/mol. The molecule has 1 rings (SSSR count). The van der Waals surface area contributed by atoms with Crippen molar-refractivity contribution < 1.29 is 19.6 Å². The molecule has 16 heavy (non-hydrogen) atoms. The third-order valence-electron chi connectivity index (χ3n) is 2.03. The van der Waals surface area contributed by atoms with Crippen LogP contribution < -0.4 is 0 Å². The van der Waals surface area contributed by atoms with Crippen LogP contribution in [0.3, 0.4) is 0 Å². The average Bonchev–Trinajstić information content (AvgIpc) is 2.28. The van der Waals surface area contributed by atoms with Crippen LogP contribution in [-0.4, -0.2) is 40.2 Å². The van der Waals surface area contributed by atoms with Crippen molar-refractivity contribution in [1.82, 2.24) is 9.97 Å². The normalized spacial score (nSPS) is 9.94. The summed E-state index contributed by atoms with van der Waals surface area (Å²) >= 11 is 0. The maximum Gasteiger partial charge on any atom is 0.451 e. The first kappa shape index (κ1) is 12.6. The van der Waals surface area contributed by atoms with E-state index in [9.17, 15) is 4.79 Å². The third-order valence-corrected chi connectivity index (χ3v) is 2.03. The Hall–Kier alpha value is -1.47. The molecular formula is C9H13BN2O4. The van der Waals surface area contributed by atoms with Crippen molar-refractivity contribution in [2.24, 2.45) is 0 Å². The summed E-state index contributed by atoms with van der Waals surface area (Å²) in [6.07, 6.45) is 4.10. The lowest BCUT2D eigenvalue weighted by atomic mass is 9.83. The van der Waals surface area contributed by atoms with Crippen LogP contribution in [0.1, 0.15) is 22.6 Å². The molecule has 86 valence electrons. The standard InChI is InChI=1S/C9H13BN2O4/c1-16-9(13)8-7(11-5-6-12-8)3-2-4-10(14)15/h5-6,14-15H,2-4H2,1H3. The number of nitrogens with zero attached hydrogens (tertiary/aromatic N) is 2. The summed E-state index contributed by atoms with van der Waals surface area (Å²) in [4.78, 5) is 19.2. The first-order valence-electron chi connectivity index (χ1n) is 4.89. The molecule has 0 saturated heterocycles. The number of methoxy groups -OCH3 is 1. The van der Waals surface area contributed by atoms with Gasteiger partial charge in [0.25, 0.3) is 0 Å². The fraction of sp³-hybridized carbons (Fsp3) is 0.444. The minimum absolute atomic E-state index is 0.178. The van der Waals surface area contributed by atoms with Crippen LogP contribution >= 0.6 is 0 Å². The van der Waals surface area contributed by atoms with Gasteiger partial charge in [0.05, 0.1) is 12.8 Å². The Morgan fingerprint density at radius 3 is 2.75 bits per heavy atom. The lowest BCUT2D eigenvalue weighted by Crippen LogP contribution is -2.13. The van der Waals surface area contributed by atoms with Crippen molar-refractivity contribution >= 4 is 13.1 Å². The molecular weight excluding hydrogens is 211 g/mol. The molecule has 7 heteroatoms. The van der Waals surface area contributed by atoms with E-state index in [0.29, 0.717) is 18.5 Å². The van der Waals surface area contributed by atoms with Gasteiger partial charge in [0, 0.05) is 12.4 Å². The zero-order valence-corrected chi connectivity index (χ0v) is 8.96. The molecule has 0 aromatic carbocycles. The summed E-state index contributed by atoms with van der Waals surface area (Å²) in [6.45, 7) is 0. The number of hydrogen-bond donors (Lipinski definition) is 2. The smallest absolute Gasteiger partial charge is 0.451 e. The van der Waals surface area contributed by atoms with Crippen LogP contribution in [0.2, 0.25) is 6.32 Å². The van der Waals surface area contributed by atoms with Gasteiger partial charge in [-0.25, -0.2) is 9.78 Å². The second kappa shape index (κ2) is 6.19. The Bertz CT molecular complexity index is 359. The van der Waals surface area contributed by atoms with Crippen molar-refractivity contribution in [1.29, 1.82) is 0 Å². The van der Waals surface area contributed by atoms with Gasteiger partial charge in [-0.15, -0.1) is 0 Å². The van der Waals surface area contributed by atoms with E-state index in [-0.39, 0.29) is 12.0 Å². The van der Waals surface area contributed by atoms with E-state index in [1.165, 1.54) is 19.5 Å². The highest BCUT2D eigenvalue weighted by Crippen LogP contribution is 2.08. The van der Waals surface area contributed by atoms with Crippen molar-refractivity contribution in [3.63, 3.8) is 0 Å². The first-order chi connectivity index (χ1) is 7.65. The maximum atomic E-state index is 11.3. The summed E-state index contributed by atoms with van der Waals surface area (Å²) in [5, 5.41) is 17.4. The largest absolute Gasteiger partial charge is 0.464 e. The van der Waals surface area contributed by atoms with E-state index in [2.05, 4.69) is 14.7 Å². The molecule has 0 aliphatic rings. The summed E-state index contributed by atoms with van der Waals surface area (Å²) in [5.41, 5.74) is 0.687. The van der Waals surface area contributed by atoms with Crippen molar-refractivity contribution in [2.75, 3.05) is 7.11 Å². The lowest BCUT2D eigenvalue weighted by molar-refractivity contribution is 0.0592. The molecule has 1 aromatic rings. The molecule has 0 spiro atoms. The summed E-state index contributed by atoms with van der Waals surface area (Å²) < 4.78 is 4.56. The molecule has 0 unspecified atom stereocenters. The van der Waals surface area contributed by atoms with Crippen LogP contribution in [0, 0.1) is 0 Å². The summed E-state index contributed by atoms with van der Waals surface area (Å²) in [5.74, 6) is -0.535. The minimum atomic E-state index is -1.33. The van der Waals surface area contributed by atoms with Crippen molar-refractivity contribution in [3.8, 4) is 0 Å². The number of carbonyl (C=O) groups excluding carboxylic acids is 1. The Labute approximate surface area is 93.5 Å². The molecule has 0 bridgehead atoms. The molecule has 0 aliphatic carbocycles. The van der Waals surface area contributed by atoms with Crippen LogP contribution in [0.4, 0.5) is 0 Å². The summed E-state index contributed by atoms with van der Waals surface area (Å²) in [7, 11) is -0.0589.